The van der Waals surface area contributed by atoms with Crippen molar-refractivity contribution >= 4 is 35.2 Å². The number of nitrogens with one attached hydrogen (secondary N) is 2. The van der Waals surface area contributed by atoms with Gasteiger partial charge in [-0.25, -0.2) is 4.79 Å². The van der Waals surface area contributed by atoms with E-state index in [4.69, 9.17) is 17.0 Å². The highest BCUT2D eigenvalue weighted by atomic mass is 32.1. The van der Waals surface area contributed by atoms with Crippen LogP contribution in [0.1, 0.15) is 22.8 Å². The van der Waals surface area contributed by atoms with Crippen molar-refractivity contribution in [2.45, 2.75) is 6.92 Å². The highest BCUT2D eigenvalue weighted by Gasteiger charge is 2.05. The van der Waals surface area contributed by atoms with E-state index in [1.807, 2.05) is 6.92 Å². The molecule has 0 aromatic heterocycles. The van der Waals surface area contributed by atoms with E-state index >= 15 is 0 Å². The number of carbonyl (C=O) groups is 1. The van der Waals surface area contributed by atoms with Crippen molar-refractivity contribution in [1.29, 1.82) is 0 Å². The molecule has 136 valence electrons. The normalized spacial score (nSPS) is 10.4. The Labute approximate surface area is 156 Å². The number of phenols is 1. The number of ether oxygens (including phenoxy) is 2. The highest BCUT2D eigenvalue weighted by Crippen LogP contribution is 2.26. The fourth-order valence-corrected chi connectivity index (χ4v) is 2.18. The zero-order chi connectivity index (χ0) is 18.9. The monoisotopic (exact) mass is 373 g/mol. The van der Waals surface area contributed by atoms with Gasteiger partial charge in [-0.2, -0.15) is 5.10 Å². The topological polar surface area (TPSA) is 92.2 Å². The molecule has 0 radical (unpaired) electrons. The number of hydrogen-bond acceptors (Lipinski definition) is 6. The van der Waals surface area contributed by atoms with Crippen molar-refractivity contribution in [1.82, 2.24) is 5.43 Å². The van der Waals surface area contributed by atoms with Gasteiger partial charge in [-0.05, 0) is 67.2 Å². The van der Waals surface area contributed by atoms with E-state index in [2.05, 4.69) is 20.6 Å². The molecule has 0 aliphatic rings. The van der Waals surface area contributed by atoms with Crippen LogP contribution in [0.25, 0.3) is 0 Å². The third kappa shape index (κ3) is 5.45. The van der Waals surface area contributed by atoms with Crippen molar-refractivity contribution in [3.8, 4) is 11.5 Å². The number of methoxy groups -OCH3 is 1. The standard InChI is InChI=1S/C18H19N3O4S/c1-3-25-16-10-12(4-9-15(16)22)11-19-21-18(26)20-14-7-5-13(6-8-14)17(23)24-2/h4-11,22H,3H2,1-2H3,(H2,20,21,26)/b19-11-. The average Bonchev–Trinajstić information content (AvgIpc) is 2.64. The fourth-order valence-electron chi connectivity index (χ4n) is 2.01. The minimum Gasteiger partial charge on any atom is -0.504 e. The molecule has 0 heterocycles. The van der Waals surface area contributed by atoms with Crippen LogP contribution in [-0.2, 0) is 4.74 Å². The lowest BCUT2D eigenvalue weighted by Gasteiger charge is -2.08. The number of hydrazone groups is 1. The number of esters is 1. The molecule has 0 saturated heterocycles. The second-order valence-electron chi connectivity index (χ2n) is 5.05. The van der Waals surface area contributed by atoms with E-state index in [0.717, 1.165) is 5.56 Å². The molecule has 0 bridgehead atoms. The van der Waals surface area contributed by atoms with Gasteiger partial charge in [0, 0.05) is 5.69 Å². The minimum atomic E-state index is -0.401. The lowest BCUT2D eigenvalue weighted by molar-refractivity contribution is 0.0601. The summed E-state index contributed by atoms with van der Waals surface area (Å²) in [4.78, 5) is 11.4. The fraction of sp³-hybridized carbons (Fsp3) is 0.167. The van der Waals surface area contributed by atoms with Crippen molar-refractivity contribution in [2.24, 2.45) is 5.10 Å². The van der Waals surface area contributed by atoms with Gasteiger partial charge in [0.25, 0.3) is 0 Å². The van der Waals surface area contributed by atoms with Crippen LogP contribution >= 0.6 is 12.2 Å². The molecule has 0 spiro atoms. The SMILES string of the molecule is CCOc1cc(/C=N\NC(=S)Nc2ccc(C(=O)OC)cc2)ccc1O. The van der Waals surface area contributed by atoms with Gasteiger partial charge in [0.1, 0.15) is 0 Å². The maximum Gasteiger partial charge on any atom is 0.337 e. The zero-order valence-corrected chi connectivity index (χ0v) is 15.2. The number of rotatable bonds is 6. The second kappa shape index (κ2) is 9.38. The Morgan fingerprint density at radius 1 is 1.27 bits per heavy atom. The minimum absolute atomic E-state index is 0.0737. The van der Waals surface area contributed by atoms with E-state index in [1.165, 1.54) is 13.2 Å². The van der Waals surface area contributed by atoms with Crippen LogP contribution in [-0.4, -0.2) is 36.1 Å². The van der Waals surface area contributed by atoms with E-state index in [0.29, 0.717) is 23.6 Å². The summed E-state index contributed by atoms with van der Waals surface area (Å²) < 4.78 is 9.96. The van der Waals surface area contributed by atoms with E-state index < -0.39 is 5.97 Å². The third-order valence-electron chi connectivity index (χ3n) is 3.23. The highest BCUT2D eigenvalue weighted by molar-refractivity contribution is 7.80. The van der Waals surface area contributed by atoms with Crippen molar-refractivity contribution in [3.63, 3.8) is 0 Å². The van der Waals surface area contributed by atoms with Gasteiger partial charge in [-0.1, -0.05) is 0 Å². The summed E-state index contributed by atoms with van der Waals surface area (Å²) in [5, 5.41) is 16.9. The van der Waals surface area contributed by atoms with Gasteiger partial charge in [0.05, 0.1) is 25.5 Å². The molecule has 0 unspecified atom stereocenters. The average molecular weight is 373 g/mol. The molecule has 0 atom stereocenters. The summed E-state index contributed by atoms with van der Waals surface area (Å²) in [6.07, 6.45) is 1.55. The van der Waals surface area contributed by atoms with Crippen LogP contribution < -0.4 is 15.5 Å². The van der Waals surface area contributed by atoms with Crippen LogP contribution in [0.2, 0.25) is 0 Å². The summed E-state index contributed by atoms with van der Waals surface area (Å²) in [6, 6.07) is 11.6. The quantitative estimate of drug-likeness (QED) is 0.310. The Morgan fingerprint density at radius 2 is 2.00 bits per heavy atom. The number of anilines is 1. The summed E-state index contributed by atoms with van der Waals surface area (Å²) in [5.41, 5.74) is 4.58. The molecule has 3 N–H and O–H groups in total. The van der Waals surface area contributed by atoms with Crippen LogP contribution in [0.5, 0.6) is 11.5 Å². The predicted molar refractivity (Wildman–Crippen MR) is 104 cm³/mol. The first-order chi connectivity index (χ1) is 12.5. The maximum absolute atomic E-state index is 11.4. The molecule has 26 heavy (non-hydrogen) atoms. The van der Waals surface area contributed by atoms with Crippen molar-refractivity contribution in [2.75, 3.05) is 19.0 Å². The largest absolute Gasteiger partial charge is 0.504 e. The van der Waals surface area contributed by atoms with Gasteiger partial charge in [-0.3, -0.25) is 5.43 Å². The summed E-state index contributed by atoms with van der Waals surface area (Å²) in [7, 11) is 1.33. The molecule has 8 heteroatoms. The van der Waals surface area contributed by atoms with Gasteiger partial charge in [-0.15, -0.1) is 0 Å². The molecule has 2 aromatic rings. The number of hydrogen-bond donors (Lipinski definition) is 3. The Hall–Kier alpha value is -3.13. The summed E-state index contributed by atoms with van der Waals surface area (Å²) in [5.74, 6) is 0.0644. The third-order valence-corrected chi connectivity index (χ3v) is 3.42. The van der Waals surface area contributed by atoms with Crippen LogP contribution in [0.4, 0.5) is 5.69 Å². The van der Waals surface area contributed by atoms with Crippen molar-refractivity contribution < 1.29 is 19.4 Å². The Balaban J connectivity index is 1.91. The first kappa shape index (κ1) is 19.2. The zero-order valence-electron chi connectivity index (χ0n) is 14.4. The number of benzene rings is 2. The number of phenolic OH excluding ortho intramolecular Hbond substituents is 1. The van der Waals surface area contributed by atoms with Gasteiger partial charge in [0.2, 0.25) is 0 Å². The van der Waals surface area contributed by atoms with Crippen LogP contribution in [0.15, 0.2) is 47.6 Å². The maximum atomic E-state index is 11.4. The Morgan fingerprint density at radius 3 is 2.65 bits per heavy atom. The molecule has 2 rings (SSSR count). The molecule has 0 amide bonds. The van der Waals surface area contributed by atoms with E-state index in [1.54, 1.807) is 42.6 Å². The molecule has 0 aliphatic carbocycles. The molecular weight excluding hydrogens is 354 g/mol. The van der Waals surface area contributed by atoms with Gasteiger partial charge >= 0.3 is 5.97 Å². The second-order valence-corrected chi connectivity index (χ2v) is 5.46. The lowest BCUT2D eigenvalue weighted by Crippen LogP contribution is -2.23. The number of carbonyl (C=O) groups excluding carboxylic acids is 1. The molecular formula is C18H19N3O4S. The number of aromatic hydroxyl groups is 1. The molecule has 0 saturated carbocycles. The first-order valence-electron chi connectivity index (χ1n) is 7.77. The molecule has 0 aliphatic heterocycles. The molecule has 2 aromatic carbocycles. The number of nitrogens with zero attached hydrogens (tertiary/aromatic N) is 1. The van der Waals surface area contributed by atoms with Gasteiger partial charge < -0.3 is 19.9 Å². The van der Waals surface area contributed by atoms with Crippen molar-refractivity contribution in [3.05, 3.63) is 53.6 Å². The Bertz CT molecular complexity index is 807. The van der Waals surface area contributed by atoms with Crippen LogP contribution in [0.3, 0.4) is 0 Å². The summed E-state index contributed by atoms with van der Waals surface area (Å²) in [6.45, 7) is 2.29. The predicted octanol–water partition coefficient (Wildman–Crippen LogP) is 2.90. The molecule has 0 fully saturated rings. The number of thiocarbonyl (C=S) groups is 1. The Kier molecular flexibility index (Phi) is 6.92. The van der Waals surface area contributed by atoms with E-state index in [-0.39, 0.29) is 10.9 Å². The van der Waals surface area contributed by atoms with E-state index in [9.17, 15) is 9.90 Å². The smallest absolute Gasteiger partial charge is 0.337 e. The summed E-state index contributed by atoms with van der Waals surface area (Å²) >= 11 is 5.15. The van der Waals surface area contributed by atoms with Gasteiger partial charge in [0.15, 0.2) is 16.6 Å². The van der Waals surface area contributed by atoms with Crippen LogP contribution in [0, 0.1) is 0 Å². The first-order valence-corrected chi connectivity index (χ1v) is 8.18. The molecule has 7 nitrogen and oxygen atoms in total. The lowest BCUT2D eigenvalue weighted by atomic mass is 10.2.